The first-order valence-electron chi connectivity index (χ1n) is 8.94. The number of nitro benzene ring substituents is 1. The Bertz CT molecular complexity index is 877. The van der Waals surface area contributed by atoms with E-state index in [1.54, 1.807) is 24.8 Å². The summed E-state index contributed by atoms with van der Waals surface area (Å²) in [6.07, 6.45) is 0. The molecule has 0 bridgehead atoms. The minimum atomic E-state index is -0.640. The molecule has 148 valence electrons. The minimum Gasteiger partial charge on any atom is -0.366 e. The molecule has 1 aliphatic rings. The molecule has 1 fully saturated rings. The lowest BCUT2D eigenvalue weighted by Crippen LogP contribution is -2.47. The number of hydrogen-bond donors (Lipinski definition) is 0. The van der Waals surface area contributed by atoms with E-state index in [0.717, 1.165) is 6.07 Å². The van der Waals surface area contributed by atoms with Crippen LogP contribution in [0.2, 0.25) is 0 Å². The van der Waals surface area contributed by atoms with Crippen molar-refractivity contribution in [1.82, 2.24) is 0 Å². The molecule has 2 aromatic carbocycles. The lowest BCUT2D eigenvalue weighted by Gasteiger charge is -2.37. The van der Waals surface area contributed by atoms with Gasteiger partial charge in [0.15, 0.2) is 11.6 Å². The Morgan fingerprint density at radius 1 is 0.929 bits per heavy atom. The van der Waals surface area contributed by atoms with E-state index in [9.17, 15) is 23.7 Å². The normalized spacial score (nSPS) is 14.3. The topological polar surface area (TPSA) is 66.7 Å². The van der Waals surface area contributed by atoms with Crippen LogP contribution in [0.25, 0.3) is 0 Å². The van der Waals surface area contributed by atoms with Crippen molar-refractivity contribution in [2.45, 2.75) is 20.8 Å². The zero-order chi connectivity index (χ0) is 20.6. The molecule has 1 saturated heterocycles. The molecule has 0 unspecified atom stereocenters. The SMILES string of the molecule is CC(=O)c1cc(F)c(N2CCN(c3cc(C)c([N+](=O)[O-])cc3F)CC2)cc1C. The number of benzene rings is 2. The molecule has 0 atom stereocenters. The highest BCUT2D eigenvalue weighted by molar-refractivity contribution is 5.96. The number of carbonyl (C=O) groups excluding carboxylic acids is 1. The molecule has 6 nitrogen and oxygen atoms in total. The summed E-state index contributed by atoms with van der Waals surface area (Å²) in [5.41, 5.74) is 1.95. The van der Waals surface area contributed by atoms with Gasteiger partial charge in [0.1, 0.15) is 5.82 Å². The first-order chi connectivity index (χ1) is 13.2. The second-order valence-electron chi connectivity index (χ2n) is 7.00. The molecule has 0 spiro atoms. The Hall–Kier alpha value is -3.03. The number of nitrogens with zero attached hydrogens (tertiary/aromatic N) is 3. The number of ketones is 1. The first kappa shape index (κ1) is 19.7. The van der Waals surface area contributed by atoms with Gasteiger partial charge in [-0.1, -0.05) is 0 Å². The van der Waals surface area contributed by atoms with E-state index < -0.39 is 16.6 Å². The van der Waals surface area contributed by atoms with Gasteiger partial charge in [0.2, 0.25) is 0 Å². The highest BCUT2D eigenvalue weighted by Crippen LogP contribution is 2.30. The minimum absolute atomic E-state index is 0.184. The molecule has 0 radical (unpaired) electrons. The summed E-state index contributed by atoms with van der Waals surface area (Å²) in [6.45, 7) is 6.57. The van der Waals surface area contributed by atoms with Crippen molar-refractivity contribution in [2.75, 3.05) is 36.0 Å². The van der Waals surface area contributed by atoms with Crippen LogP contribution in [0.1, 0.15) is 28.4 Å². The van der Waals surface area contributed by atoms with Gasteiger partial charge in [-0.25, -0.2) is 8.78 Å². The number of hydrogen-bond acceptors (Lipinski definition) is 5. The van der Waals surface area contributed by atoms with Crippen molar-refractivity contribution in [3.05, 3.63) is 62.7 Å². The van der Waals surface area contributed by atoms with Crippen LogP contribution in [0.15, 0.2) is 24.3 Å². The Morgan fingerprint density at radius 3 is 1.86 bits per heavy atom. The predicted molar refractivity (Wildman–Crippen MR) is 103 cm³/mol. The fraction of sp³-hybridized carbons (Fsp3) is 0.350. The summed E-state index contributed by atoms with van der Waals surface area (Å²) in [4.78, 5) is 25.6. The van der Waals surface area contributed by atoms with E-state index in [1.165, 1.54) is 19.1 Å². The fourth-order valence-corrected chi connectivity index (χ4v) is 3.57. The van der Waals surface area contributed by atoms with Gasteiger partial charge in [0.25, 0.3) is 5.69 Å². The lowest BCUT2D eigenvalue weighted by molar-refractivity contribution is -0.385. The molecule has 3 rings (SSSR count). The van der Waals surface area contributed by atoms with Gasteiger partial charge in [0.05, 0.1) is 22.4 Å². The average molecular weight is 389 g/mol. The maximum Gasteiger partial charge on any atom is 0.275 e. The summed E-state index contributed by atoms with van der Waals surface area (Å²) < 4.78 is 28.9. The zero-order valence-electron chi connectivity index (χ0n) is 16.0. The van der Waals surface area contributed by atoms with E-state index in [-0.39, 0.29) is 11.5 Å². The predicted octanol–water partition coefficient (Wildman–Crippen LogP) is 4.02. The van der Waals surface area contributed by atoms with Gasteiger partial charge >= 0.3 is 0 Å². The summed E-state index contributed by atoms with van der Waals surface area (Å²) in [5.74, 6) is -1.28. The molecule has 1 heterocycles. The molecule has 28 heavy (non-hydrogen) atoms. The average Bonchev–Trinajstić information content (AvgIpc) is 2.64. The van der Waals surface area contributed by atoms with E-state index in [1.807, 2.05) is 4.90 Å². The number of piperazine rings is 1. The van der Waals surface area contributed by atoms with Crippen LogP contribution in [0.4, 0.5) is 25.8 Å². The third-order valence-corrected chi connectivity index (χ3v) is 5.10. The third kappa shape index (κ3) is 3.67. The molecule has 0 aliphatic carbocycles. The monoisotopic (exact) mass is 389 g/mol. The third-order valence-electron chi connectivity index (χ3n) is 5.10. The van der Waals surface area contributed by atoms with Crippen LogP contribution >= 0.6 is 0 Å². The van der Waals surface area contributed by atoms with Gasteiger partial charge in [-0.2, -0.15) is 0 Å². The second-order valence-corrected chi connectivity index (χ2v) is 7.00. The smallest absolute Gasteiger partial charge is 0.275 e. The summed E-state index contributed by atoms with van der Waals surface area (Å²) in [6, 6.07) is 5.35. The maximum absolute atomic E-state index is 14.5. The lowest BCUT2D eigenvalue weighted by atomic mass is 10.0. The van der Waals surface area contributed by atoms with E-state index >= 15 is 0 Å². The largest absolute Gasteiger partial charge is 0.366 e. The second kappa shape index (κ2) is 7.53. The Kier molecular flexibility index (Phi) is 5.31. The van der Waals surface area contributed by atoms with Crippen molar-refractivity contribution in [2.24, 2.45) is 0 Å². The van der Waals surface area contributed by atoms with Crippen LogP contribution in [-0.4, -0.2) is 36.9 Å². The molecule has 2 aromatic rings. The molecule has 0 aromatic heterocycles. The van der Waals surface area contributed by atoms with Crippen LogP contribution in [0.3, 0.4) is 0 Å². The van der Waals surface area contributed by atoms with Gasteiger partial charge in [-0.15, -0.1) is 0 Å². The zero-order valence-corrected chi connectivity index (χ0v) is 16.0. The van der Waals surface area contributed by atoms with E-state index in [0.29, 0.717) is 54.2 Å². The van der Waals surface area contributed by atoms with Crippen molar-refractivity contribution < 1.29 is 18.5 Å². The van der Waals surface area contributed by atoms with Crippen molar-refractivity contribution >= 4 is 22.8 Å². The Labute approximate surface area is 161 Å². The molecule has 0 amide bonds. The molecule has 0 N–H and O–H groups in total. The van der Waals surface area contributed by atoms with Gasteiger partial charge in [-0.05, 0) is 44.5 Å². The fourth-order valence-electron chi connectivity index (χ4n) is 3.57. The summed E-state index contributed by atoms with van der Waals surface area (Å²) in [7, 11) is 0. The highest BCUT2D eigenvalue weighted by atomic mass is 19.1. The van der Waals surface area contributed by atoms with Gasteiger partial charge < -0.3 is 9.80 Å². The van der Waals surface area contributed by atoms with Crippen LogP contribution in [0.5, 0.6) is 0 Å². The number of nitro groups is 1. The van der Waals surface area contributed by atoms with Crippen molar-refractivity contribution in [1.29, 1.82) is 0 Å². The number of anilines is 2. The Morgan fingerprint density at radius 2 is 1.39 bits per heavy atom. The number of rotatable bonds is 4. The number of Topliss-reactive ketones (excluding diaryl/α,β-unsaturated/α-hetero) is 1. The van der Waals surface area contributed by atoms with Gasteiger partial charge in [0, 0.05) is 37.3 Å². The van der Waals surface area contributed by atoms with Crippen molar-refractivity contribution in [3.8, 4) is 0 Å². The molecular weight excluding hydrogens is 368 g/mol. The van der Waals surface area contributed by atoms with E-state index in [2.05, 4.69) is 0 Å². The number of halogens is 2. The molecule has 1 aliphatic heterocycles. The van der Waals surface area contributed by atoms with Gasteiger partial charge in [-0.3, -0.25) is 14.9 Å². The number of carbonyl (C=O) groups is 1. The van der Waals surface area contributed by atoms with Crippen LogP contribution in [-0.2, 0) is 0 Å². The molecule has 0 saturated carbocycles. The standard InChI is InChI=1S/C20H21F2N3O3/c1-12-8-19(16(21)10-15(12)14(3)26)23-4-6-24(7-5-23)20-9-13(2)18(25(27)28)11-17(20)22/h8-11H,4-7H2,1-3H3. The van der Waals surface area contributed by atoms with Crippen molar-refractivity contribution in [3.63, 3.8) is 0 Å². The Balaban J connectivity index is 1.79. The molecular formula is C20H21F2N3O3. The maximum atomic E-state index is 14.5. The molecule has 8 heteroatoms. The first-order valence-corrected chi connectivity index (χ1v) is 8.94. The van der Waals surface area contributed by atoms with E-state index in [4.69, 9.17) is 0 Å². The van der Waals surface area contributed by atoms with Crippen LogP contribution < -0.4 is 9.80 Å². The quantitative estimate of drug-likeness (QED) is 0.449. The number of aryl methyl sites for hydroxylation is 2. The summed E-state index contributed by atoms with van der Waals surface area (Å²) >= 11 is 0. The van der Waals surface area contributed by atoms with Crippen LogP contribution in [0, 0.1) is 35.6 Å². The highest BCUT2D eigenvalue weighted by Gasteiger charge is 2.24. The summed E-state index contributed by atoms with van der Waals surface area (Å²) in [5, 5.41) is 10.9.